The number of benzene rings is 3. The number of ether oxygens (including phenoxy) is 2. The molecule has 3 N–H and O–H groups in total. The van der Waals surface area contributed by atoms with Crippen LogP contribution in [0.25, 0.3) is 0 Å². The molecule has 0 bridgehead atoms. The molecule has 6 nitrogen and oxygen atoms in total. The standard InChI is InChI=1S/C24H24ClN3O3/c1-30-22(24(29)28(25)15-17-10-12-19(13-11-17)23(26)27)20-8-5-9-21(14-20)31-16-18-6-3-2-4-7-18/h2-14,22H,15-16H2,1H3,(H3,26,27). The van der Waals surface area contributed by atoms with Gasteiger partial charge in [-0.3, -0.25) is 10.2 Å². The third kappa shape index (κ3) is 6.07. The number of amides is 1. The fourth-order valence-electron chi connectivity index (χ4n) is 3.04. The summed E-state index contributed by atoms with van der Waals surface area (Å²) in [6, 6.07) is 24.0. The van der Waals surface area contributed by atoms with Crippen LogP contribution in [-0.4, -0.2) is 23.3 Å². The summed E-state index contributed by atoms with van der Waals surface area (Å²) in [4.78, 5) is 12.9. The summed E-state index contributed by atoms with van der Waals surface area (Å²) in [6.45, 7) is 0.608. The zero-order valence-electron chi connectivity index (χ0n) is 17.1. The molecule has 3 aromatic rings. The highest BCUT2D eigenvalue weighted by atomic mass is 35.5. The Morgan fingerprint density at radius 2 is 1.74 bits per heavy atom. The van der Waals surface area contributed by atoms with Crippen molar-refractivity contribution in [2.24, 2.45) is 5.73 Å². The molecule has 7 heteroatoms. The van der Waals surface area contributed by atoms with E-state index >= 15 is 0 Å². The Labute approximate surface area is 186 Å². The zero-order valence-corrected chi connectivity index (χ0v) is 17.9. The number of hydrogen-bond acceptors (Lipinski definition) is 4. The lowest BCUT2D eigenvalue weighted by molar-refractivity contribution is -0.137. The number of carbonyl (C=O) groups excluding carboxylic acids is 1. The van der Waals surface area contributed by atoms with E-state index in [9.17, 15) is 4.79 Å². The molecule has 0 aliphatic rings. The summed E-state index contributed by atoms with van der Waals surface area (Å²) in [5.41, 5.74) is 8.59. The lowest BCUT2D eigenvalue weighted by atomic mass is 10.1. The predicted octanol–water partition coefficient (Wildman–Crippen LogP) is 4.42. The number of rotatable bonds is 9. The highest BCUT2D eigenvalue weighted by Crippen LogP contribution is 2.26. The Balaban J connectivity index is 1.67. The molecule has 160 valence electrons. The second-order valence-corrected chi connectivity index (χ2v) is 7.34. The van der Waals surface area contributed by atoms with Crippen LogP contribution in [0.1, 0.15) is 28.4 Å². The minimum atomic E-state index is -0.866. The van der Waals surface area contributed by atoms with Crippen LogP contribution in [-0.2, 0) is 22.7 Å². The maximum Gasteiger partial charge on any atom is 0.270 e. The Morgan fingerprint density at radius 1 is 1.03 bits per heavy atom. The van der Waals surface area contributed by atoms with Gasteiger partial charge in [-0.05, 0) is 28.8 Å². The molecule has 0 saturated carbocycles. The summed E-state index contributed by atoms with van der Waals surface area (Å²) in [6.07, 6.45) is -0.866. The SMILES string of the molecule is COC(C(=O)N(Cl)Cc1ccc(C(=N)N)cc1)c1cccc(OCc2ccccc2)c1. The van der Waals surface area contributed by atoms with Crippen molar-refractivity contribution in [3.63, 3.8) is 0 Å². The molecule has 3 aromatic carbocycles. The Kier molecular flexibility index (Phi) is 7.65. The van der Waals surface area contributed by atoms with Gasteiger partial charge in [0.2, 0.25) is 0 Å². The number of nitrogens with two attached hydrogens (primary N) is 1. The van der Waals surface area contributed by atoms with Crippen LogP contribution in [0.15, 0.2) is 78.9 Å². The molecule has 0 radical (unpaired) electrons. The van der Waals surface area contributed by atoms with E-state index in [1.54, 1.807) is 36.4 Å². The Morgan fingerprint density at radius 3 is 2.39 bits per heavy atom. The Hall–Kier alpha value is -3.35. The van der Waals surface area contributed by atoms with Crippen LogP contribution in [0.5, 0.6) is 5.75 Å². The third-order valence-electron chi connectivity index (χ3n) is 4.69. The van der Waals surface area contributed by atoms with Gasteiger partial charge in [-0.1, -0.05) is 66.7 Å². The van der Waals surface area contributed by atoms with Crippen LogP contribution < -0.4 is 10.5 Å². The van der Waals surface area contributed by atoms with Crippen molar-refractivity contribution in [3.05, 3.63) is 101 Å². The number of halogens is 1. The first-order chi connectivity index (χ1) is 15.0. The van der Waals surface area contributed by atoms with Crippen molar-refractivity contribution >= 4 is 23.5 Å². The van der Waals surface area contributed by atoms with Gasteiger partial charge in [0.25, 0.3) is 5.91 Å². The first-order valence-corrected chi connectivity index (χ1v) is 10.0. The van der Waals surface area contributed by atoms with Gasteiger partial charge < -0.3 is 15.2 Å². The molecule has 3 rings (SSSR count). The molecule has 0 heterocycles. The number of nitrogens with zero attached hydrogens (tertiary/aromatic N) is 1. The maximum absolute atomic E-state index is 12.9. The molecule has 0 aromatic heterocycles. The summed E-state index contributed by atoms with van der Waals surface area (Å²) in [5, 5.41) is 7.45. The van der Waals surface area contributed by atoms with Gasteiger partial charge in [-0.15, -0.1) is 0 Å². The second kappa shape index (κ2) is 10.6. The lowest BCUT2D eigenvalue weighted by Gasteiger charge is -2.21. The van der Waals surface area contributed by atoms with Crippen LogP contribution in [0.2, 0.25) is 0 Å². The third-order valence-corrected chi connectivity index (χ3v) is 4.98. The van der Waals surface area contributed by atoms with Gasteiger partial charge in [0.1, 0.15) is 18.2 Å². The lowest BCUT2D eigenvalue weighted by Crippen LogP contribution is -2.28. The fourth-order valence-corrected chi connectivity index (χ4v) is 3.27. The summed E-state index contributed by atoms with van der Waals surface area (Å²) in [5.74, 6) is 0.233. The molecule has 1 atom stereocenters. The molecular formula is C24H24ClN3O3. The first-order valence-electron chi connectivity index (χ1n) is 9.68. The zero-order chi connectivity index (χ0) is 22.2. The second-order valence-electron chi connectivity index (χ2n) is 6.93. The van der Waals surface area contributed by atoms with Gasteiger partial charge in [-0.25, -0.2) is 4.42 Å². The summed E-state index contributed by atoms with van der Waals surface area (Å²) < 4.78 is 12.4. The van der Waals surface area contributed by atoms with Crippen LogP contribution >= 0.6 is 11.8 Å². The largest absolute Gasteiger partial charge is 0.489 e. The Bertz CT molecular complexity index is 1030. The molecule has 0 aliphatic heterocycles. The number of methoxy groups -OCH3 is 1. The molecule has 0 spiro atoms. The van der Waals surface area contributed by atoms with E-state index in [2.05, 4.69) is 0 Å². The summed E-state index contributed by atoms with van der Waals surface area (Å²) in [7, 11) is 1.46. The van der Waals surface area contributed by atoms with Gasteiger partial charge in [0, 0.05) is 24.4 Å². The average Bonchev–Trinajstić information content (AvgIpc) is 2.79. The van der Waals surface area contributed by atoms with Crippen molar-refractivity contribution in [3.8, 4) is 5.75 Å². The minimum Gasteiger partial charge on any atom is -0.489 e. The molecule has 1 amide bonds. The van der Waals surface area contributed by atoms with Crippen molar-refractivity contribution in [1.82, 2.24) is 4.42 Å². The smallest absolute Gasteiger partial charge is 0.270 e. The van der Waals surface area contributed by atoms with Gasteiger partial charge in [0.05, 0.1) is 6.54 Å². The van der Waals surface area contributed by atoms with Crippen molar-refractivity contribution in [1.29, 1.82) is 5.41 Å². The van der Waals surface area contributed by atoms with E-state index in [0.717, 1.165) is 15.5 Å². The van der Waals surface area contributed by atoms with Crippen LogP contribution in [0.3, 0.4) is 0 Å². The van der Waals surface area contributed by atoms with E-state index < -0.39 is 6.10 Å². The molecule has 1 unspecified atom stereocenters. The normalized spacial score (nSPS) is 11.5. The van der Waals surface area contributed by atoms with E-state index in [0.29, 0.717) is 23.5 Å². The monoisotopic (exact) mass is 437 g/mol. The van der Waals surface area contributed by atoms with Crippen LogP contribution in [0.4, 0.5) is 0 Å². The van der Waals surface area contributed by atoms with Gasteiger partial charge >= 0.3 is 0 Å². The number of nitrogens with one attached hydrogen (secondary N) is 1. The molecular weight excluding hydrogens is 414 g/mol. The first kappa shape index (κ1) is 22.3. The minimum absolute atomic E-state index is 0.0147. The number of hydrogen-bond donors (Lipinski definition) is 2. The predicted molar refractivity (Wildman–Crippen MR) is 121 cm³/mol. The van der Waals surface area contributed by atoms with E-state index in [-0.39, 0.29) is 18.3 Å². The maximum atomic E-state index is 12.9. The number of amidine groups is 1. The van der Waals surface area contributed by atoms with E-state index in [1.165, 1.54) is 7.11 Å². The van der Waals surface area contributed by atoms with Crippen molar-refractivity contribution < 1.29 is 14.3 Å². The fraction of sp³-hybridized carbons (Fsp3) is 0.167. The quantitative estimate of drug-likeness (QED) is 0.294. The molecule has 0 saturated heterocycles. The number of nitrogen functional groups attached to an aromatic ring is 1. The van der Waals surface area contributed by atoms with Crippen molar-refractivity contribution in [2.75, 3.05) is 7.11 Å². The average molecular weight is 438 g/mol. The topological polar surface area (TPSA) is 88.6 Å². The molecule has 0 fully saturated rings. The molecule has 31 heavy (non-hydrogen) atoms. The highest BCUT2D eigenvalue weighted by molar-refractivity contribution is 6.21. The highest BCUT2D eigenvalue weighted by Gasteiger charge is 2.25. The number of carbonyl (C=O) groups is 1. The van der Waals surface area contributed by atoms with Crippen LogP contribution in [0, 0.1) is 5.41 Å². The van der Waals surface area contributed by atoms with E-state index in [1.807, 2.05) is 42.5 Å². The van der Waals surface area contributed by atoms with E-state index in [4.69, 9.17) is 32.4 Å². The molecule has 0 aliphatic carbocycles. The summed E-state index contributed by atoms with van der Waals surface area (Å²) >= 11 is 6.28. The van der Waals surface area contributed by atoms with Gasteiger partial charge in [0.15, 0.2) is 6.10 Å². The van der Waals surface area contributed by atoms with Gasteiger partial charge in [-0.2, -0.15) is 0 Å². The van der Waals surface area contributed by atoms with Crippen molar-refractivity contribution in [2.45, 2.75) is 19.3 Å².